The number of nitriles is 1. The smallest absolute Gasteiger partial charge is 0.222 e. The summed E-state index contributed by atoms with van der Waals surface area (Å²) in [5, 5.41) is 16.0. The van der Waals surface area contributed by atoms with Crippen LogP contribution in [0.3, 0.4) is 0 Å². The van der Waals surface area contributed by atoms with Crippen LogP contribution in [0, 0.1) is 11.3 Å². The molecule has 6 nitrogen and oxygen atoms in total. The molecule has 0 aliphatic carbocycles. The van der Waals surface area contributed by atoms with Gasteiger partial charge in [0.15, 0.2) is 5.82 Å². The van der Waals surface area contributed by atoms with Gasteiger partial charge in [-0.1, -0.05) is 0 Å². The molecule has 1 saturated heterocycles. The number of nitrogens with zero attached hydrogens (tertiary/aromatic N) is 4. The summed E-state index contributed by atoms with van der Waals surface area (Å²) < 4.78 is 1.93. The number of aromatic nitrogens is 2. The molecule has 2 aromatic rings. The Morgan fingerprint density at radius 2 is 2.41 bits per heavy atom. The van der Waals surface area contributed by atoms with Gasteiger partial charge < -0.3 is 5.32 Å². The Balaban J connectivity index is 1.58. The first-order valence-electron chi connectivity index (χ1n) is 7.18. The molecule has 0 saturated carbocycles. The lowest BCUT2D eigenvalue weighted by atomic mass is 10.3. The van der Waals surface area contributed by atoms with Crippen molar-refractivity contribution < 1.29 is 4.79 Å². The number of amides is 1. The van der Waals surface area contributed by atoms with E-state index in [0.717, 1.165) is 30.9 Å². The maximum Gasteiger partial charge on any atom is 0.222 e. The number of rotatable bonds is 4. The standard InChI is InChI=1S/C15H17N5OS/c1-11(21)17-15-5-7-20(18-15)12-4-6-19(9-12)10-14-3-2-13(8-16)22-14/h2-3,5,7,12H,4,6,9-10H2,1H3,(H,17,18,21)/t12-/m0/s1. The lowest BCUT2D eigenvalue weighted by Gasteiger charge is -2.15. The SMILES string of the molecule is CC(=O)Nc1ccn([C@H]2CCN(Cc3ccc(C#N)s3)C2)n1. The molecule has 0 bridgehead atoms. The van der Waals surface area contributed by atoms with Crippen LogP contribution in [0.2, 0.25) is 0 Å². The molecule has 114 valence electrons. The fourth-order valence-electron chi connectivity index (χ4n) is 2.70. The molecule has 0 aromatic carbocycles. The number of carbonyl (C=O) groups excluding carboxylic acids is 1. The van der Waals surface area contributed by atoms with Crippen molar-refractivity contribution in [3.8, 4) is 6.07 Å². The summed E-state index contributed by atoms with van der Waals surface area (Å²) in [4.78, 5) is 15.4. The normalized spacial score (nSPS) is 18.3. The van der Waals surface area contributed by atoms with Crippen molar-refractivity contribution in [3.05, 3.63) is 34.2 Å². The Hall–Kier alpha value is -2.17. The maximum atomic E-state index is 11.0. The van der Waals surface area contributed by atoms with Crippen LogP contribution >= 0.6 is 11.3 Å². The van der Waals surface area contributed by atoms with Crippen molar-refractivity contribution in [2.75, 3.05) is 18.4 Å². The van der Waals surface area contributed by atoms with Gasteiger partial charge in [-0.05, 0) is 18.6 Å². The quantitative estimate of drug-likeness (QED) is 0.939. The molecule has 1 amide bonds. The Morgan fingerprint density at radius 3 is 3.14 bits per heavy atom. The van der Waals surface area contributed by atoms with E-state index in [1.54, 1.807) is 11.3 Å². The van der Waals surface area contributed by atoms with E-state index < -0.39 is 0 Å². The minimum Gasteiger partial charge on any atom is -0.309 e. The molecule has 0 unspecified atom stereocenters. The molecular formula is C15H17N5OS. The number of hydrogen-bond donors (Lipinski definition) is 1. The summed E-state index contributed by atoms with van der Waals surface area (Å²) in [6, 6.07) is 8.23. The largest absolute Gasteiger partial charge is 0.309 e. The van der Waals surface area contributed by atoms with Gasteiger partial charge in [0.05, 0.1) is 6.04 Å². The number of nitrogens with one attached hydrogen (secondary N) is 1. The van der Waals surface area contributed by atoms with E-state index >= 15 is 0 Å². The topological polar surface area (TPSA) is 74.0 Å². The van der Waals surface area contributed by atoms with Crippen molar-refractivity contribution >= 4 is 23.1 Å². The van der Waals surface area contributed by atoms with Crippen LogP contribution in [0.1, 0.15) is 29.1 Å². The Kier molecular flexibility index (Phi) is 4.22. The van der Waals surface area contributed by atoms with E-state index in [4.69, 9.17) is 5.26 Å². The van der Waals surface area contributed by atoms with Gasteiger partial charge in [0, 0.05) is 43.7 Å². The molecule has 1 aliphatic heterocycles. The molecule has 3 heterocycles. The zero-order valence-corrected chi connectivity index (χ0v) is 13.1. The van der Waals surface area contributed by atoms with E-state index in [9.17, 15) is 4.79 Å². The van der Waals surface area contributed by atoms with Gasteiger partial charge in [-0.3, -0.25) is 14.4 Å². The predicted octanol–water partition coefficient (Wildman–Crippen LogP) is 2.22. The van der Waals surface area contributed by atoms with Crippen LogP contribution in [0.5, 0.6) is 0 Å². The fourth-order valence-corrected chi connectivity index (χ4v) is 3.55. The van der Waals surface area contributed by atoms with Gasteiger partial charge in [0.25, 0.3) is 0 Å². The highest BCUT2D eigenvalue weighted by Gasteiger charge is 2.24. The molecule has 22 heavy (non-hydrogen) atoms. The second-order valence-corrected chi connectivity index (χ2v) is 6.59. The average Bonchev–Trinajstić information content (AvgIpc) is 3.18. The average molecular weight is 315 g/mol. The van der Waals surface area contributed by atoms with Gasteiger partial charge >= 0.3 is 0 Å². The highest BCUT2D eigenvalue weighted by atomic mass is 32.1. The lowest BCUT2D eigenvalue weighted by Crippen LogP contribution is -2.21. The van der Waals surface area contributed by atoms with E-state index in [0.29, 0.717) is 11.9 Å². The zero-order valence-electron chi connectivity index (χ0n) is 12.3. The molecular weight excluding hydrogens is 298 g/mol. The molecule has 1 N–H and O–H groups in total. The summed E-state index contributed by atoms with van der Waals surface area (Å²) in [7, 11) is 0. The fraction of sp³-hybridized carbons (Fsp3) is 0.400. The molecule has 2 aromatic heterocycles. The van der Waals surface area contributed by atoms with Crippen molar-refractivity contribution in [1.29, 1.82) is 5.26 Å². The summed E-state index contributed by atoms with van der Waals surface area (Å²) >= 11 is 1.56. The van der Waals surface area contributed by atoms with Crippen molar-refractivity contribution in [3.63, 3.8) is 0 Å². The van der Waals surface area contributed by atoms with E-state index in [1.165, 1.54) is 11.8 Å². The second kappa shape index (κ2) is 6.30. The van der Waals surface area contributed by atoms with Gasteiger partial charge in [-0.25, -0.2) is 0 Å². The third-order valence-corrected chi connectivity index (χ3v) is 4.66. The number of carbonyl (C=O) groups is 1. The molecule has 1 fully saturated rings. The van der Waals surface area contributed by atoms with E-state index in [2.05, 4.69) is 21.4 Å². The molecule has 7 heteroatoms. The van der Waals surface area contributed by atoms with Gasteiger partial charge in [-0.2, -0.15) is 10.4 Å². The third kappa shape index (κ3) is 3.35. The Bertz CT molecular complexity index is 714. The maximum absolute atomic E-state index is 11.0. The van der Waals surface area contributed by atoms with Crippen LogP contribution in [0.4, 0.5) is 5.82 Å². The van der Waals surface area contributed by atoms with Crippen LogP contribution < -0.4 is 5.32 Å². The lowest BCUT2D eigenvalue weighted by molar-refractivity contribution is -0.114. The van der Waals surface area contributed by atoms with E-state index in [1.807, 2.05) is 29.1 Å². The summed E-state index contributed by atoms with van der Waals surface area (Å²) in [6.45, 7) is 4.30. The van der Waals surface area contributed by atoms with Gasteiger partial charge in [0.2, 0.25) is 5.91 Å². The van der Waals surface area contributed by atoms with Gasteiger partial charge in [-0.15, -0.1) is 11.3 Å². The van der Waals surface area contributed by atoms with Crippen molar-refractivity contribution in [2.24, 2.45) is 0 Å². The molecule has 0 spiro atoms. The van der Waals surface area contributed by atoms with Crippen LogP contribution in [0.15, 0.2) is 24.4 Å². The molecule has 1 aliphatic rings. The van der Waals surface area contributed by atoms with Crippen LogP contribution in [-0.2, 0) is 11.3 Å². The van der Waals surface area contributed by atoms with Crippen LogP contribution in [-0.4, -0.2) is 33.7 Å². The number of anilines is 1. The molecule has 3 rings (SSSR count). The minimum atomic E-state index is -0.107. The summed E-state index contributed by atoms with van der Waals surface area (Å²) in [6.07, 6.45) is 2.95. The summed E-state index contributed by atoms with van der Waals surface area (Å²) in [5.41, 5.74) is 0. The first-order chi connectivity index (χ1) is 10.6. The zero-order chi connectivity index (χ0) is 15.5. The second-order valence-electron chi connectivity index (χ2n) is 5.42. The van der Waals surface area contributed by atoms with Gasteiger partial charge in [0.1, 0.15) is 10.9 Å². The monoisotopic (exact) mass is 315 g/mol. The number of thiophene rings is 1. The van der Waals surface area contributed by atoms with Crippen molar-refractivity contribution in [2.45, 2.75) is 25.9 Å². The Morgan fingerprint density at radius 1 is 1.55 bits per heavy atom. The first kappa shape index (κ1) is 14.8. The summed E-state index contributed by atoms with van der Waals surface area (Å²) in [5.74, 6) is 0.493. The number of likely N-dealkylation sites (tertiary alicyclic amines) is 1. The highest BCUT2D eigenvalue weighted by Crippen LogP contribution is 2.25. The van der Waals surface area contributed by atoms with Crippen LogP contribution in [0.25, 0.3) is 0 Å². The third-order valence-electron chi connectivity index (χ3n) is 3.69. The Labute approximate surface area is 133 Å². The molecule has 0 radical (unpaired) electrons. The first-order valence-corrected chi connectivity index (χ1v) is 7.99. The number of hydrogen-bond acceptors (Lipinski definition) is 5. The van der Waals surface area contributed by atoms with E-state index in [-0.39, 0.29) is 5.91 Å². The molecule has 1 atom stereocenters. The van der Waals surface area contributed by atoms with Crippen molar-refractivity contribution in [1.82, 2.24) is 14.7 Å². The predicted molar refractivity (Wildman–Crippen MR) is 84.5 cm³/mol. The highest BCUT2D eigenvalue weighted by molar-refractivity contribution is 7.12. The minimum absolute atomic E-state index is 0.107.